The van der Waals surface area contributed by atoms with Gasteiger partial charge in [-0.1, -0.05) is 0 Å². The van der Waals surface area contributed by atoms with Crippen LogP contribution in [0.15, 0.2) is 18.2 Å². The Kier molecular flexibility index (Phi) is 4.50. The van der Waals surface area contributed by atoms with Crippen LogP contribution in [-0.2, 0) is 0 Å². The van der Waals surface area contributed by atoms with Gasteiger partial charge in [0.2, 0.25) is 0 Å². The normalized spacial score (nSPS) is 20.4. The van der Waals surface area contributed by atoms with Gasteiger partial charge in [-0.3, -0.25) is 0 Å². The summed E-state index contributed by atoms with van der Waals surface area (Å²) < 4.78 is 25.8. The molecule has 0 bridgehead atoms. The zero-order valence-corrected chi connectivity index (χ0v) is 9.86. The summed E-state index contributed by atoms with van der Waals surface area (Å²) in [6, 6.07) is 4.38. The second kappa shape index (κ2) is 5.46. The molecule has 1 atom stereocenters. The van der Waals surface area contributed by atoms with E-state index in [4.69, 9.17) is 0 Å². The molecule has 1 saturated heterocycles. The number of hydrogen-bond donors (Lipinski definition) is 1. The molecular formula is C11H15ClF2N2. The Labute approximate surface area is 100 Å². The van der Waals surface area contributed by atoms with Crippen molar-refractivity contribution in [2.75, 3.05) is 24.5 Å². The maximum atomic E-state index is 13.0. The molecule has 0 unspecified atom stereocenters. The van der Waals surface area contributed by atoms with Gasteiger partial charge in [-0.25, -0.2) is 8.78 Å². The van der Waals surface area contributed by atoms with Gasteiger partial charge < -0.3 is 10.2 Å². The topological polar surface area (TPSA) is 15.3 Å². The van der Waals surface area contributed by atoms with Crippen molar-refractivity contribution >= 4 is 18.1 Å². The molecule has 1 N–H and O–H groups in total. The lowest BCUT2D eigenvalue weighted by Gasteiger charge is -2.35. The Balaban J connectivity index is 0.00000128. The lowest BCUT2D eigenvalue weighted by atomic mass is 10.2. The Morgan fingerprint density at radius 1 is 1.31 bits per heavy atom. The minimum Gasteiger partial charge on any atom is -0.366 e. The van der Waals surface area contributed by atoms with E-state index in [9.17, 15) is 8.78 Å². The first-order chi connectivity index (χ1) is 7.18. The van der Waals surface area contributed by atoms with E-state index in [-0.39, 0.29) is 12.4 Å². The molecule has 0 saturated carbocycles. The van der Waals surface area contributed by atoms with E-state index >= 15 is 0 Å². The second-order valence-corrected chi connectivity index (χ2v) is 3.84. The van der Waals surface area contributed by atoms with Crippen molar-refractivity contribution in [2.45, 2.75) is 13.0 Å². The fraction of sp³-hybridized carbons (Fsp3) is 0.455. The molecule has 0 amide bonds. The van der Waals surface area contributed by atoms with E-state index in [1.54, 1.807) is 6.07 Å². The Bertz CT molecular complexity index is 360. The van der Waals surface area contributed by atoms with Gasteiger partial charge in [-0.15, -0.1) is 12.4 Å². The third kappa shape index (κ3) is 2.62. The van der Waals surface area contributed by atoms with Gasteiger partial charge in [-0.2, -0.15) is 0 Å². The van der Waals surface area contributed by atoms with Crippen molar-refractivity contribution in [1.29, 1.82) is 0 Å². The summed E-state index contributed by atoms with van der Waals surface area (Å²) >= 11 is 0. The highest BCUT2D eigenvalue weighted by atomic mass is 35.5. The minimum absolute atomic E-state index is 0. The Morgan fingerprint density at radius 3 is 2.69 bits per heavy atom. The molecular weight excluding hydrogens is 234 g/mol. The molecule has 0 aromatic heterocycles. The van der Waals surface area contributed by atoms with Crippen molar-refractivity contribution in [3.63, 3.8) is 0 Å². The van der Waals surface area contributed by atoms with Gasteiger partial charge in [0.05, 0.1) is 0 Å². The van der Waals surface area contributed by atoms with Crippen LogP contribution in [0, 0.1) is 11.6 Å². The first kappa shape index (κ1) is 13.2. The van der Waals surface area contributed by atoms with Gasteiger partial charge in [0.1, 0.15) is 0 Å². The lowest BCUT2D eigenvalue weighted by molar-refractivity contribution is 0.491. The van der Waals surface area contributed by atoms with Crippen LogP contribution in [0.2, 0.25) is 0 Å². The molecule has 0 radical (unpaired) electrons. The number of hydrogen-bond acceptors (Lipinski definition) is 2. The zero-order valence-electron chi connectivity index (χ0n) is 9.04. The monoisotopic (exact) mass is 248 g/mol. The molecule has 0 aliphatic carbocycles. The van der Waals surface area contributed by atoms with Crippen LogP contribution in [0.25, 0.3) is 0 Å². The van der Waals surface area contributed by atoms with Crippen LogP contribution < -0.4 is 10.2 Å². The average Bonchev–Trinajstić information content (AvgIpc) is 2.23. The van der Waals surface area contributed by atoms with Gasteiger partial charge in [0.15, 0.2) is 11.6 Å². The van der Waals surface area contributed by atoms with E-state index in [1.165, 1.54) is 12.1 Å². The van der Waals surface area contributed by atoms with Gasteiger partial charge in [-0.05, 0) is 19.1 Å². The summed E-state index contributed by atoms with van der Waals surface area (Å²) in [6.45, 7) is 4.64. The minimum atomic E-state index is -0.790. The van der Waals surface area contributed by atoms with Gasteiger partial charge in [0.25, 0.3) is 0 Å². The smallest absolute Gasteiger partial charge is 0.160 e. The average molecular weight is 249 g/mol. The number of benzene rings is 1. The number of anilines is 1. The fourth-order valence-electron chi connectivity index (χ4n) is 1.89. The first-order valence-electron chi connectivity index (χ1n) is 5.11. The summed E-state index contributed by atoms with van der Waals surface area (Å²) in [4.78, 5) is 2.08. The highest BCUT2D eigenvalue weighted by Crippen LogP contribution is 2.20. The van der Waals surface area contributed by atoms with E-state index in [2.05, 4.69) is 17.1 Å². The van der Waals surface area contributed by atoms with E-state index in [0.717, 1.165) is 25.3 Å². The summed E-state index contributed by atoms with van der Waals surface area (Å²) in [5, 5.41) is 3.25. The van der Waals surface area contributed by atoms with Crippen LogP contribution in [0.5, 0.6) is 0 Å². The first-order valence-corrected chi connectivity index (χ1v) is 5.11. The predicted octanol–water partition coefficient (Wildman–Crippen LogP) is 2.18. The summed E-state index contributed by atoms with van der Waals surface area (Å²) in [6.07, 6.45) is 0. The summed E-state index contributed by atoms with van der Waals surface area (Å²) in [5.74, 6) is -1.57. The van der Waals surface area contributed by atoms with Crippen LogP contribution in [-0.4, -0.2) is 25.7 Å². The highest BCUT2D eigenvalue weighted by molar-refractivity contribution is 5.85. The third-order valence-electron chi connectivity index (χ3n) is 2.74. The van der Waals surface area contributed by atoms with Crippen LogP contribution in [0.1, 0.15) is 6.92 Å². The second-order valence-electron chi connectivity index (χ2n) is 3.84. The molecule has 1 aromatic carbocycles. The number of nitrogens with zero attached hydrogens (tertiary/aromatic N) is 1. The van der Waals surface area contributed by atoms with Crippen molar-refractivity contribution in [2.24, 2.45) is 0 Å². The fourth-order valence-corrected chi connectivity index (χ4v) is 1.89. The molecule has 1 aromatic rings. The molecule has 90 valence electrons. The summed E-state index contributed by atoms with van der Waals surface area (Å²) in [5.41, 5.74) is 0.753. The molecule has 2 nitrogen and oxygen atoms in total. The molecule has 1 heterocycles. The van der Waals surface area contributed by atoms with E-state index in [0.29, 0.717) is 6.04 Å². The summed E-state index contributed by atoms with van der Waals surface area (Å²) in [7, 11) is 0. The molecule has 1 aliphatic rings. The van der Waals surface area contributed by atoms with Crippen LogP contribution in [0.4, 0.5) is 14.5 Å². The third-order valence-corrected chi connectivity index (χ3v) is 2.74. The predicted molar refractivity (Wildman–Crippen MR) is 63.3 cm³/mol. The number of halogens is 3. The van der Waals surface area contributed by atoms with Crippen LogP contribution in [0.3, 0.4) is 0 Å². The van der Waals surface area contributed by atoms with Crippen molar-refractivity contribution in [1.82, 2.24) is 5.32 Å². The quantitative estimate of drug-likeness (QED) is 0.820. The molecule has 2 rings (SSSR count). The maximum Gasteiger partial charge on any atom is 0.160 e. The van der Waals surface area contributed by atoms with Crippen LogP contribution >= 0.6 is 12.4 Å². The van der Waals surface area contributed by atoms with Crippen molar-refractivity contribution < 1.29 is 8.78 Å². The number of rotatable bonds is 1. The lowest BCUT2D eigenvalue weighted by Crippen LogP contribution is -2.49. The van der Waals surface area contributed by atoms with E-state index in [1.807, 2.05) is 0 Å². The standard InChI is InChI=1S/C11H14F2N2.ClH/c1-8-7-14-4-5-15(8)9-2-3-10(12)11(13)6-9;/h2-3,6,8,14H,4-5,7H2,1H3;1H/t8-;/m0./s1. The van der Waals surface area contributed by atoms with E-state index < -0.39 is 11.6 Å². The number of piperazine rings is 1. The zero-order chi connectivity index (χ0) is 10.8. The SMILES string of the molecule is C[C@H]1CNCCN1c1ccc(F)c(F)c1.Cl. The molecule has 1 aliphatic heterocycles. The maximum absolute atomic E-state index is 13.0. The largest absolute Gasteiger partial charge is 0.366 e. The van der Waals surface area contributed by atoms with Gasteiger partial charge in [0, 0.05) is 37.4 Å². The molecule has 16 heavy (non-hydrogen) atoms. The van der Waals surface area contributed by atoms with Gasteiger partial charge >= 0.3 is 0 Å². The van der Waals surface area contributed by atoms with Crippen molar-refractivity contribution in [3.05, 3.63) is 29.8 Å². The molecule has 0 spiro atoms. The highest BCUT2D eigenvalue weighted by Gasteiger charge is 2.18. The van der Waals surface area contributed by atoms with Crippen molar-refractivity contribution in [3.8, 4) is 0 Å². The molecule has 5 heteroatoms. The number of nitrogens with one attached hydrogen (secondary N) is 1. The Hall–Kier alpha value is -0.870. The Morgan fingerprint density at radius 2 is 2.06 bits per heavy atom. The molecule has 1 fully saturated rings.